The van der Waals surface area contributed by atoms with Crippen molar-refractivity contribution in [3.8, 4) is 11.3 Å². The van der Waals surface area contributed by atoms with Crippen LogP contribution < -0.4 is 5.32 Å². The summed E-state index contributed by atoms with van der Waals surface area (Å²) in [4.78, 5) is 4.75. The molecule has 1 aromatic heterocycles. The molecule has 0 aliphatic heterocycles. The summed E-state index contributed by atoms with van der Waals surface area (Å²) < 4.78 is 0. The van der Waals surface area contributed by atoms with Crippen molar-refractivity contribution in [1.82, 2.24) is 10.3 Å². The summed E-state index contributed by atoms with van der Waals surface area (Å²) in [5, 5.41) is 13.4. The van der Waals surface area contributed by atoms with Gasteiger partial charge in [-0.1, -0.05) is 52.0 Å². The summed E-state index contributed by atoms with van der Waals surface area (Å²) in [5.41, 5.74) is 7.21. The molecule has 0 fully saturated rings. The molecule has 0 spiro atoms. The van der Waals surface area contributed by atoms with E-state index in [1.54, 1.807) is 0 Å². The zero-order valence-corrected chi connectivity index (χ0v) is 19.3. The summed E-state index contributed by atoms with van der Waals surface area (Å²) in [6.45, 7) is 10.9. The van der Waals surface area contributed by atoms with Crippen molar-refractivity contribution in [2.24, 2.45) is 5.41 Å². The lowest BCUT2D eigenvalue weighted by Gasteiger charge is -2.31. The highest BCUT2D eigenvalue weighted by Crippen LogP contribution is 2.38. The van der Waals surface area contributed by atoms with Crippen molar-refractivity contribution >= 4 is 5.57 Å². The first-order chi connectivity index (χ1) is 14.6. The van der Waals surface area contributed by atoms with E-state index in [9.17, 15) is 5.11 Å². The van der Waals surface area contributed by atoms with E-state index in [0.29, 0.717) is 0 Å². The summed E-state index contributed by atoms with van der Waals surface area (Å²) in [7, 11) is 0. The van der Waals surface area contributed by atoms with Gasteiger partial charge in [0.2, 0.25) is 0 Å². The zero-order chi connectivity index (χ0) is 22.0. The van der Waals surface area contributed by atoms with Crippen LogP contribution in [0.4, 0.5) is 0 Å². The fourth-order valence-electron chi connectivity index (χ4n) is 4.00. The topological polar surface area (TPSA) is 45.1 Å². The Labute approximate surface area is 183 Å². The third-order valence-corrected chi connectivity index (χ3v) is 6.31. The molecule has 2 N–H and O–H groups in total. The van der Waals surface area contributed by atoms with Gasteiger partial charge in [0.1, 0.15) is 0 Å². The van der Waals surface area contributed by atoms with Crippen molar-refractivity contribution in [3.05, 3.63) is 71.7 Å². The Balaban J connectivity index is 2.56. The third kappa shape index (κ3) is 5.60. The van der Waals surface area contributed by atoms with Crippen molar-refractivity contribution in [2.45, 2.75) is 66.7 Å². The van der Waals surface area contributed by atoms with Crippen LogP contribution in [-0.2, 0) is 12.8 Å². The highest BCUT2D eigenvalue weighted by molar-refractivity contribution is 5.74. The lowest BCUT2D eigenvalue weighted by Crippen LogP contribution is -2.24. The zero-order valence-electron chi connectivity index (χ0n) is 19.3. The van der Waals surface area contributed by atoms with E-state index in [-0.39, 0.29) is 12.0 Å². The molecule has 0 unspecified atom stereocenters. The van der Waals surface area contributed by atoms with E-state index in [1.807, 2.05) is 25.4 Å². The van der Waals surface area contributed by atoms with Crippen LogP contribution in [0, 0.1) is 5.41 Å². The maximum atomic E-state index is 10.1. The molecule has 2 rings (SSSR count). The Hall–Kier alpha value is -2.39. The van der Waals surface area contributed by atoms with Gasteiger partial charge in [-0.3, -0.25) is 4.98 Å². The summed E-state index contributed by atoms with van der Waals surface area (Å²) in [6, 6.07) is 10.9. The molecule has 1 heterocycles. The van der Waals surface area contributed by atoms with E-state index in [0.717, 1.165) is 43.4 Å². The van der Waals surface area contributed by atoms with Crippen LogP contribution in [0.3, 0.4) is 0 Å². The molecule has 162 valence electrons. The molecule has 0 bridgehead atoms. The van der Waals surface area contributed by atoms with Crippen LogP contribution in [0.15, 0.2) is 55.0 Å². The lowest BCUT2D eigenvalue weighted by atomic mass is 9.76. The molecule has 30 heavy (non-hydrogen) atoms. The number of pyridine rings is 1. The summed E-state index contributed by atoms with van der Waals surface area (Å²) in [5.74, 6) is 0. The van der Waals surface area contributed by atoms with Gasteiger partial charge in [0.25, 0.3) is 0 Å². The Morgan fingerprint density at radius 3 is 2.27 bits per heavy atom. The minimum atomic E-state index is -0.108. The van der Waals surface area contributed by atoms with E-state index in [1.165, 1.54) is 22.3 Å². The van der Waals surface area contributed by atoms with Crippen molar-refractivity contribution in [3.63, 3.8) is 0 Å². The normalized spacial score (nSPS) is 12.5. The van der Waals surface area contributed by atoms with E-state index >= 15 is 0 Å². The number of nitrogens with zero attached hydrogens (tertiary/aromatic N) is 1. The average molecular weight is 407 g/mol. The number of aliphatic hydroxyl groups is 1. The maximum absolute atomic E-state index is 10.1. The van der Waals surface area contributed by atoms with Gasteiger partial charge in [0.15, 0.2) is 0 Å². The molecule has 3 nitrogen and oxygen atoms in total. The average Bonchev–Trinajstić information content (AvgIpc) is 2.81. The minimum Gasteiger partial charge on any atom is -0.396 e. The second kappa shape index (κ2) is 11.7. The van der Waals surface area contributed by atoms with Crippen LogP contribution in [0.2, 0.25) is 0 Å². The smallest absolute Gasteiger partial charge is 0.0713 e. The van der Waals surface area contributed by atoms with Crippen LogP contribution in [0.5, 0.6) is 0 Å². The number of aliphatic hydroxyl groups excluding tert-OH is 1. The first-order valence-corrected chi connectivity index (χ1v) is 11.3. The van der Waals surface area contributed by atoms with Crippen molar-refractivity contribution < 1.29 is 5.11 Å². The molecular weight excluding hydrogens is 368 g/mol. The number of rotatable bonds is 11. The summed E-state index contributed by atoms with van der Waals surface area (Å²) >= 11 is 0. The predicted octanol–water partition coefficient (Wildman–Crippen LogP) is 6.53. The monoisotopic (exact) mass is 406 g/mol. The number of aromatic nitrogens is 1. The van der Waals surface area contributed by atoms with Gasteiger partial charge in [0, 0.05) is 24.6 Å². The molecule has 0 atom stereocenters. The molecule has 1 aromatic carbocycles. The SMILES string of the molecule is C/C=C/N/C=C(/CC(CC)(CC)CO)c1ccnc(-c2c(CC)cccc2CC)c1. The van der Waals surface area contributed by atoms with Crippen LogP contribution >= 0.6 is 0 Å². The highest BCUT2D eigenvalue weighted by atomic mass is 16.3. The Bertz CT molecular complexity index is 832. The van der Waals surface area contributed by atoms with Crippen LogP contribution in [0.25, 0.3) is 16.8 Å². The van der Waals surface area contributed by atoms with Gasteiger partial charge in [-0.15, -0.1) is 0 Å². The molecule has 0 amide bonds. The fraction of sp³-hybridized carbons (Fsp3) is 0.444. The summed E-state index contributed by atoms with van der Waals surface area (Å²) in [6.07, 6.45) is 12.6. The highest BCUT2D eigenvalue weighted by Gasteiger charge is 2.27. The maximum Gasteiger partial charge on any atom is 0.0713 e. The third-order valence-electron chi connectivity index (χ3n) is 6.31. The Kier molecular flexibility index (Phi) is 9.32. The van der Waals surface area contributed by atoms with Gasteiger partial charge in [-0.25, -0.2) is 0 Å². The predicted molar refractivity (Wildman–Crippen MR) is 129 cm³/mol. The molecule has 0 aliphatic rings. The number of nitrogens with one attached hydrogen (secondary N) is 1. The first kappa shape index (κ1) is 23.9. The van der Waals surface area contributed by atoms with E-state index in [2.05, 4.69) is 69.5 Å². The van der Waals surface area contributed by atoms with Gasteiger partial charge >= 0.3 is 0 Å². The van der Waals surface area contributed by atoms with Crippen LogP contribution in [0.1, 0.15) is 70.6 Å². The number of hydrogen-bond donors (Lipinski definition) is 2. The molecule has 0 saturated carbocycles. The molecule has 3 heteroatoms. The van der Waals surface area contributed by atoms with E-state index < -0.39 is 0 Å². The second-order valence-corrected chi connectivity index (χ2v) is 7.97. The standard InChI is InChI=1S/C27H38N2O/c1-6-15-28-19-24(18-27(9-4,10-5)20-30)23-14-16-29-25(17-23)26-21(7-2)12-11-13-22(26)8-3/h6,11-17,19,28,30H,7-10,18,20H2,1-5H3/b15-6+,24-19-. The minimum absolute atomic E-state index is 0.108. The molecule has 0 aliphatic carbocycles. The molecule has 0 saturated heterocycles. The van der Waals surface area contributed by atoms with Crippen LogP contribution in [-0.4, -0.2) is 16.7 Å². The number of aryl methyl sites for hydroxylation is 2. The van der Waals surface area contributed by atoms with Gasteiger partial charge in [0.05, 0.1) is 5.69 Å². The van der Waals surface area contributed by atoms with Gasteiger partial charge in [-0.2, -0.15) is 0 Å². The molecular formula is C27H38N2O. The Morgan fingerprint density at radius 2 is 1.73 bits per heavy atom. The van der Waals surface area contributed by atoms with E-state index in [4.69, 9.17) is 4.98 Å². The molecule has 0 radical (unpaired) electrons. The Morgan fingerprint density at radius 1 is 1.07 bits per heavy atom. The lowest BCUT2D eigenvalue weighted by molar-refractivity contribution is 0.120. The van der Waals surface area contributed by atoms with Gasteiger partial charge < -0.3 is 10.4 Å². The fourth-order valence-corrected chi connectivity index (χ4v) is 4.00. The number of allylic oxidation sites excluding steroid dienone is 2. The van der Waals surface area contributed by atoms with Crippen molar-refractivity contribution in [2.75, 3.05) is 6.61 Å². The second-order valence-electron chi connectivity index (χ2n) is 7.97. The van der Waals surface area contributed by atoms with Gasteiger partial charge in [-0.05, 0) is 85.0 Å². The van der Waals surface area contributed by atoms with Crippen molar-refractivity contribution in [1.29, 1.82) is 0 Å². The molecule has 2 aromatic rings. The quantitative estimate of drug-likeness (QED) is 0.446. The number of benzene rings is 1. The number of hydrogen-bond acceptors (Lipinski definition) is 3. The largest absolute Gasteiger partial charge is 0.396 e. The first-order valence-electron chi connectivity index (χ1n) is 11.3.